The van der Waals surface area contributed by atoms with Crippen LogP contribution in [0.1, 0.15) is 18.4 Å². The average Bonchev–Trinajstić information content (AvgIpc) is 2.65. The first-order chi connectivity index (χ1) is 12.8. The van der Waals surface area contributed by atoms with Gasteiger partial charge in [-0.05, 0) is 36.6 Å². The zero-order valence-corrected chi connectivity index (χ0v) is 16.8. The van der Waals surface area contributed by atoms with Crippen LogP contribution in [0.4, 0.5) is 0 Å². The SMILES string of the molecule is COc1cc(/C=C/C(=O)NC2CCN(S(C)(=O)=O)CC2)cc(OC)c1OC. The van der Waals surface area contributed by atoms with Crippen molar-refractivity contribution in [3.63, 3.8) is 0 Å². The van der Waals surface area contributed by atoms with Crippen LogP contribution in [-0.2, 0) is 14.8 Å². The van der Waals surface area contributed by atoms with E-state index in [1.165, 1.54) is 38.0 Å². The summed E-state index contributed by atoms with van der Waals surface area (Å²) in [6.07, 6.45) is 5.48. The van der Waals surface area contributed by atoms with Crippen molar-refractivity contribution in [1.29, 1.82) is 0 Å². The molecule has 1 aliphatic rings. The molecule has 1 amide bonds. The number of carbonyl (C=O) groups is 1. The van der Waals surface area contributed by atoms with Crippen molar-refractivity contribution < 1.29 is 27.4 Å². The molecule has 0 aromatic heterocycles. The van der Waals surface area contributed by atoms with Gasteiger partial charge in [0.25, 0.3) is 0 Å². The Morgan fingerprint density at radius 3 is 2.11 bits per heavy atom. The molecule has 1 heterocycles. The summed E-state index contributed by atoms with van der Waals surface area (Å²) < 4.78 is 40.3. The Hall–Kier alpha value is -2.26. The number of hydrogen-bond acceptors (Lipinski definition) is 6. The Kier molecular flexibility index (Phi) is 7.09. The van der Waals surface area contributed by atoms with E-state index in [-0.39, 0.29) is 11.9 Å². The lowest BCUT2D eigenvalue weighted by atomic mass is 10.1. The highest BCUT2D eigenvalue weighted by atomic mass is 32.2. The van der Waals surface area contributed by atoms with Gasteiger partial charge in [-0.3, -0.25) is 4.79 Å². The molecule has 150 valence electrons. The Labute approximate surface area is 160 Å². The van der Waals surface area contributed by atoms with Crippen molar-refractivity contribution in [3.05, 3.63) is 23.8 Å². The number of nitrogens with zero attached hydrogens (tertiary/aromatic N) is 1. The fourth-order valence-corrected chi connectivity index (χ4v) is 3.82. The highest BCUT2D eigenvalue weighted by Gasteiger charge is 2.25. The van der Waals surface area contributed by atoms with Gasteiger partial charge in [0.1, 0.15) is 0 Å². The van der Waals surface area contributed by atoms with Crippen LogP contribution in [0.15, 0.2) is 18.2 Å². The van der Waals surface area contributed by atoms with Crippen molar-refractivity contribution in [2.75, 3.05) is 40.7 Å². The lowest BCUT2D eigenvalue weighted by Crippen LogP contribution is -2.45. The van der Waals surface area contributed by atoms with E-state index in [2.05, 4.69) is 5.32 Å². The second-order valence-corrected chi connectivity index (χ2v) is 8.22. The third kappa shape index (κ3) is 5.61. The minimum absolute atomic E-state index is 0.0416. The van der Waals surface area contributed by atoms with E-state index in [1.807, 2.05) is 0 Å². The van der Waals surface area contributed by atoms with Gasteiger partial charge in [0.15, 0.2) is 11.5 Å². The standard InChI is InChI=1S/C18H26N2O6S/c1-24-15-11-13(12-16(25-2)18(15)26-3)5-6-17(21)19-14-7-9-20(10-8-14)27(4,22)23/h5-6,11-12,14H,7-10H2,1-4H3,(H,19,21)/b6-5+. The molecule has 0 radical (unpaired) electrons. The molecular formula is C18H26N2O6S. The Morgan fingerprint density at radius 2 is 1.67 bits per heavy atom. The van der Waals surface area contributed by atoms with Gasteiger partial charge >= 0.3 is 0 Å². The van der Waals surface area contributed by atoms with Gasteiger partial charge in [0, 0.05) is 25.2 Å². The van der Waals surface area contributed by atoms with Crippen molar-refractivity contribution in [2.45, 2.75) is 18.9 Å². The second kappa shape index (κ2) is 9.09. The number of amides is 1. The number of piperidine rings is 1. The van der Waals surface area contributed by atoms with Gasteiger partial charge in [-0.25, -0.2) is 12.7 Å². The van der Waals surface area contributed by atoms with Crippen molar-refractivity contribution in [1.82, 2.24) is 9.62 Å². The molecule has 1 fully saturated rings. The normalized spacial score (nSPS) is 16.3. The van der Waals surface area contributed by atoms with E-state index >= 15 is 0 Å². The molecule has 0 spiro atoms. The van der Waals surface area contributed by atoms with E-state index in [1.54, 1.807) is 18.2 Å². The van der Waals surface area contributed by atoms with E-state index in [0.29, 0.717) is 43.2 Å². The average molecular weight is 398 g/mol. The molecule has 27 heavy (non-hydrogen) atoms. The van der Waals surface area contributed by atoms with Gasteiger partial charge < -0.3 is 19.5 Å². The Bertz CT molecular complexity index is 773. The molecule has 1 aromatic rings. The molecule has 0 saturated carbocycles. The molecule has 1 aromatic carbocycles. The van der Waals surface area contributed by atoms with Crippen LogP contribution in [0.25, 0.3) is 6.08 Å². The van der Waals surface area contributed by atoms with Crippen LogP contribution in [0, 0.1) is 0 Å². The highest BCUT2D eigenvalue weighted by Crippen LogP contribution is 2.38. The van der Waals surface area contributed by atoms with Gasteiger partial charge in [-0.2, -0.15) is 0 Å². The van der Waals surface area contributed by atoms with Gasteiger partial charge in [-0.15, -0.1) is 0 Å². The number of rotatable bonds is 7. The monoisotopic (exact) mass is 398 g/mol. The lowest BCUT2D eigenvalue weighted by Gasteiger charge is -2.30. The van der Waals surface area contributed by atoms with Crippen molar-refractivity contribution >= 4 is 22.0 Å². The number of benzene rings is 1. The summed E-state index contributed by atoms with van der Waals surface area (Å²) in [4.78, 5) is 12.2. The summed E-state index contributed by atoms with van der Waals surface area (Å²) in [7, 11) is 1.41. The van der Waals surface area contributed by atoms with E-state index in [9.17, 15) is 13.2 Å². The number of ether oxygens (including phenoxy) is 3. The summed E-state index contributed by atoms with van der Waals surface area (Å²) in [6.45, 7) is 0.834. The zero-order chi connectivity index (χ0) is 20.0. The lowest BCUT2D eigenvalue weighted by molar-refractivity contribution is -0.117. The maximum Gasteiger partial charge on any atom is 0.244 e. The molecule has 0 unspecified atom stereocenters. The molecule has 2 rings (SSSR count). The summed E-state index contributed by atoms with van der Waals surface area (Å²) in [5, 5.41) is 2.91. The maximum atomic E-state index is 12.2. The topological polar surface area (TPSA) is 94.2 Å². The van der Waals surface area contributed by atoms with Crippen LogP contribution in [-0.4, -0.2) is 65.3 Å². The predicted molar refractivity (Wildman–Crippen MR) is 103 cm³/mol. The molecule has 8 nitrogen and oxygen atoms in total. The van der Waals surface area contributed by atoms with Gasteiger partial charge in [0.05, 0.1) is 27.6 Å². The van der Waals surface area contributed by atoms with Crippen LogP contribution >= 0.6 is 0 Å². The molecule has 1 aliphatic heterocycles. The zero-order valence-electron chi connectivity index (χ0n) is 16.0. The van der Waals surface area contributed by atoms with Gasteiger partial charge in [-0.1, -0.05) is 0 Å². The molecule has 1 saturated heterocycles. The van der Waals surface area contributed by atoms with Crippen molar-refractivity contribution in [2.24, 2.45) is 0 Å². The first-order valence-electron chi connectivity index (χ1n) is 8.52. The number of hydrogen-bond donors (Lipinski definition) is 1. The predicted octanol–water partition coefficient (Wildman–Crippen LogP) is 1.27. The van der Waals surface area contributed by atoms with Crippen LogP contribution in [0.5, 0.6) is 17.2 Å². The fraction of sp³-hybridized carbons (Fsp3) is 0.500. The molecular weight excluding hydrogens is 372 g/mol. The molecule has 9 heteroatoms. The molecule has 0 bridgehead atoms. The largest absolute Gasteiger partial charge is 0.493 e. The maximum absolute atomic E-state index is 12.2. The smallest absolute Gasteiger partial charge is 0.244 e. The Morgan fingerprint density at radius 1 is 1.11 bits per heavy atom. The third-order valence-corrected chi connectivity index (χ3v) is 5.69. The number of carbonyl (C=O) groups excluding carboxylic acids is 1. The summed E-state index contributed by atoms with van der Waals surface area (Å²) in [6, 6.07) is 3.45. The fourth-order valence-electron chi connectivity index (χ4n) is 2.95. The summed E-state index contributed by atoms with van der Waals surface area (Å²) >= 11 is 0. The molecule has 0 atom stereocenters. The van der Waals surface area contributed by atoms with Crippen molar-refractivity contribution in [3.8, 4) is 17.2 Å². The van der Waals surface area contributed by atoms with E-state index < -0.39 is 10.0 Å². The molecule has 1 N–H and O–H groups in total. The van der Waals surface area contributed by atoms with E-state index in [0.717, 1.165) is 5.56 Å². The minimum Gasteiger partial charge on any atom is -0.493 e. The number of sulfonamides is 1. The first-order valence-corrected chi connectivity index (χ1v) is 10.4. The minimum atomic E-state index is -3.17. The Balaban J connectivity index is 1.99. The van der Waals surface area contributed by atoms with Crippen LogP contribution < -0.4 is 19.5 Å². The summed E-state index contributed by atoms with van der Waals surface area (Å²) in [5.74, 6) is 1.26. The first kappa shape index (κ1) is 21.0. The number of methoxy groups -OCH3 is 3. The highest BCUT2D eigenvalue weighted by molar-refractivity contribution is 7.88. The second-order valence-electron chi connectivity index (χ2n) is 6.24. The quantitative estimate of drug-likeness (QED) is 0.695. The van der Waals surface area contributed by atoms with Gasteiger partial charge in [0.2, 0.25) is 21.7 Å². The molecule has 0 aliphatic carbocycles. The summed E-state index contributed by atoms with van der Waals surface area (Å²) in [5.41, 5.74) is 0.728. The van der Waals surface area contributed by atoms with Crippen LogP contribution in [0.2, 0.25) is 0 Å². The van der Waals surface area contributed by atoms with Crippen LogP contribution in [0.3, 0.4) is 0 Å². The third-order valence-electron chi connectivity index (χ3n) is 4.38. The number of nitrogens with one attached hydrogen (secondary N) is 1. The van der Waals surface area contributed by atoms with E-state index in [4.69, 9.17) is 14.2 Å².